The third-order valence-electron chi connectivity index (χ3n) is 5.19. The van der Waals surface area contributed by atoms with E-state index in [4.69, 9.17) is 0 Å². The van der Waals surface area contributed by atoms with Crippen LogP contribution in [0.5, 0.6) is 0 Å². The van der Waals surface area contributed by atoms with Crippen molar-refractivity contribution in [1.82, 2.24) is 25.0 Å². The molecule has 0 unspecified atom stereocenters. The van der Waals surface area contributed by atoms with Gasteiger partial charge in [-0.2, -0.15) is 10.2 Å². The molecule has 2 heterocycles. The molecule has 4 aromatic rings. The van der Waals surface area contributed by atoms with Crippen LogP contribution in [0.2, 0.25) is 0 Å². The van der Waals surface area contributed by atoms with Gasteiger partial charge in [-0.05, 0) is 61.2 Å². The van der Waals surface area contributed by atoms with Crippen molar-refractivity contribution >= 4 is 11.6 Å². The van der Waals surface area contributed by atoms with E-state index >= 15 is 0 Å². The maximum absolute atomic E-state index is 12.3. The normalized spacial score (nSPS) is 13.3. The van der Waals surface area contributed by atoms with E-state index in [-0.39, 0.29) is 5.91 Å². The number of rotatable bonds is 7. The van der Waals surface area contributed by atoms with E-state index < -0.39 is 0 Å². The zero-order chi connectivity index (χ0) is 20.3. The number of nitrogens with one attached hydrogen (secondary N) is 2. The molecule has 1 fully saturated rings. The molecule has 2 aromatic carbocycles. The summed E-state index contributed by atoms with van der Waals surface area (Å²) >= 11 is 0. The quantitative estimate of drug-likeness (QED) is 0.490. The molecule has 1 amide bonds. The van der Waals surface area contributed by atoms with Gasteiger partial charge < -0.3 is 5.32 Å². The minimum absolute atomic E-state index is 0.0240. The average molecular weight is 398 g/mol. The Balaban J connectivity index is 1.15. The van der Waals surface area contributed by atoms with Crippen molar-refractivity contribution in [2.24, 2.45) is 0 Å². The van der Waals surface area contributed by atoms with Gasteiger partial charge >= 0.3 is 0 Å². The zero-order valence-electron chi connectivity index (χ0n) is 16.5. The van der Waals surface area contributed by atoms with Crippen molar-refractivity contribution in [3.63, 3.8) is 0 Å². The molecule has 0 radical (unpaired) electrons. The van der Waals surface area contributed by atoms with Gasteiger partial charge in [-0.1, -0.05) is 18.2 Å². The van der Waals surface area contributed by atoms with Crippen LogP contribution in [0.15, 0.2) is 67.0 Å². The Labute approximate surface area is 174 Å². The largest absolute Gasteiger partial charge is 0.326 e. The molecule has 0 aliphatic heterocycles. The van der Waals surface area contributed by atoms with Gasteiger partial charge in [-0.15, -0.1) is 0 Å². The number of aromatic amines is 1. The lowest BCUT2D eigenvalue weighted by Gasteiger charge is -2.05. The number of benzene rings is 2. The second-order valence-electron chi connectivity index (χ2n) is 7.57. The Morgan fingerprint density at radius 1 is 1.10 bits per heavy atom. The van der Waals surface area contributed by atoms with Crippen LogP contribution in [-0.4, -0.2) is 30.9 Å². The van der Waals surface area contributed by atoms with E-state index in [1.54, 1.807) is 0 Å². The minimum atomic E-state index is -0.0240. The van der Waals surface area contributed by atoms with E-state index in [2.05, 4.69) is 25.6 Å². The summed E-state index contributed by atoms with van der Waals surface area (Å²) in [6, 6.07) is 17.5. The first-order valence-electron chi connectivity index (χ1n) is 10.2. The van der Waals surface area contributed by atoms with Crippen LogP contribution in [0.1, 0.15) is 36.6 Å². The Morgan fingerprint density at radius 2 is 1.90 bits per heavy atom. The molecule has 0 spiro atoms. The fourth-order valence-electron chi connectivity index (χ4n) is 3.34. The molecule has 0 bridgehead atoms. The summed E-state index contributed by atoms with van der Waals surface area (Å²) in [5.74, 6) is 2.19. The maximum atomic E-state index is 12.3. The van der Waals surface area contributed by atoms with Crippen molar-refractivity contribution < 1.29 is 4.79 Å². The van der Waals surface area contributed by atoms with Crippen molar-refractivity contribution in [2.75, 3.05) is 5.32 Å². The highest BCUT2D eigenvalue weighted by atomic mass is 16.1. The van der Waals surface area contributed by atoms with E-state index in [9.17, 15) is 4.79 Å². The number of carbonyl (C=O) groups is 1. The lowest BCUT2D eigenvalue weighted by Crippen LogP contribution is -2.12. The van der Waals surface area contributed by atoms with Gasteiger partial charge in [0.25, 0.3) is 0 Å². The molecule has 1 saturated carbocycles. The van der Waals surface area contributed by atoms with Gasteiger partial charge in [0.15, 0.2) is 5.82 Å². The summed E-state index contributed by atoms with van der Waals surface area (Å²) in [4.78, 5) is 16.9. The highest BCUT2D eigenvalue weighted by molar-refractivity contribution is 5.91. The second kappa shape index (κ2) is 7.94. The Bertz CT molecular complexity index is 1140. The summed E-state index contributed by atoms with van der Waals surface area (Å²) in [6.07, 6.45) is 7.18. The molecule has 1 aliphatic carbocycles. The van der Waals surface area contributed by atoms with E-state index in [1.165, 1.54) is 12.8 Å². The fraction of sp³-hybridized carbons (Fsp3) is 0.217. The number of H-pyrrole nitrogens is 1. The topological polar surface area (TPSA) is 88.5 Å². The lowest BCUT2D eigenvalue weighted by molar-refractivity contribution is -0.116. The number of aromatic nitrogens is 5. The first-order chi connectivity index (χ1) is 14.7. The molecule has 5 rings (SSSR count). The number of aryl methyl sites for hydroxylation is 1. The van der Waals surface area contributed by atoms with Crippen LogP contribution in [0.4, 0.5) is 5.69 Å². The lowest BCUT2D eigenvalue weighted by atomic mass is 10.1. The summed E-state index contributed by atoms with van der Waals surface area (Å²) in [6.45, 7) is 0. The summed E-state index contributed by atoms with van der Waals surface area (Å²) in [5, 5.41) is 14.6. The number of para-hydroxylation sites is 1. The van der Waals surface area contributed by atoms with Crippen LogP contribution in [0, 0.1) is 0 Å². The third kappa shape index (κ3) is 4.15. The van der Waals surface area contributed by atoms with E-state index in [1.807, 2.05) is 71.7 Å². The highest BCUT2D eigenvalue weighted by Crippen LogP contribution is 2.38. The Kier molecular flexibility index (Phi) is 4.85. The molecule has 150 valence electrons. The average Bonchev–Trinajstić information content (AvgIpc) is 3.32. The van der Waals surface area contributed by atoms with Gasteiger partial charge in [0, 0.05) is 29.8 Å². The van der Waals surface area contributed by atoms with Crippen molar-refractivity contribution in [2.45, 2.75) is 31.6 Å². The fourth-order valence-corrected chi connectivity index (χ4v) is 3.34. The number of anilines is 1. The minimum Gasteiger partial charge on any atom is -0.326 e. The maximum Gasteiger partial charge on any atom is 0.224 e. The molecule has 2 N–H and O–H groups in total. The van der Waals surface area contributed by atoms with Gasteiger partial charge in [-0.25, -0.2) is 9.67 Å². The molecule has 0 saturated heterocycles. The van der Waals surface area contributed by atoms with Crippen LogP contribution in [-0.2, 0) is 11.2 Å². The van der Waals surface area contributed by atoms with Crippen molar-refractivity contribution in [1.29, 1.82) is 0 Å². The third-order valence-corrected chi connectivity index (χ3v) is 5.19. The van der Waals surface area contributed by atoms with Gasteiger partial charge in [0.2, 0.25) is 5.91 Å². The van der Waals surface area contributed by atoms with Crippen LogP contribution < -0.4 is 5.32 Å². The summed E-state index contributed by atoms with van der Waals surface area (Å²) in [5.41, 5.74) is 3.73. The smallest absolute Gasteiger partial charge is 0.224 e. The highest BCUT2D eigenvalue weighted by Gasteiger charge is 2.27. The first kappa shape index (κ1) is 18.3. The van der Waals surface area contributed by atoms with Crippen LogP contribution in [0.3, 0.4) is 0 Å². The molecule has 0 atom stereocenters. The summed E-state index contributed by atoms with van der Waals surface area (Å²) < 4.78 is 1.82. The number of nitrogens with zero attached hydrogens (tertiary/aromatic N) is 4. The van der Waals surface area contributed by atoms with Crippen molar-refractivity contribution in [3.8, 4) is 17.1 Å². The second-order valence-corrected chi connectivity index (χ2v) is 7.57. The van der Waals surface area contributed by atoms with E-state index in [0.717, 1.165) is 28.3 Å². The van der Waals surface area contributed by atoms with Crippen molar-refractivity contribution in [3.05, 3.63) is 78.4 Å². The number of hydrogen-bond acceptors (Lipinski definition) is 4. The molecule has 7 heteroatoms. The number of hydrogen-bond donors (Lipinski definition) is 2. The SMILES string of the molecule is O=C(CCc1cnn(-c2ccccc2)c1)Nc1ccc(-c2n[nH]c(C3CC3)n2)cc1. The predicted octanol–water partition coefficient (Wildman–Crippen LogP) is 4.11. The molecule has 2 aromatic heterocycles. The molecular weight excluding hydrogens is 376 g/mol. The Morgan fingerprint density at radius 3 is 2.67 bits per heavy atom. The monoisotopic (exact) mass is 398 g/mol. The van der Waals surface area contributed by atoms with Gasteiger partial charge in [-0.3, -0.25) is 9.89 Å². The zero-order valence-corrected chi connectivity index (χ0v) is 16.5. The number of amides is 1. The Hall–Kier alpha value is -3.74. The van der Waals surface area contributed by atoms with Crippen LogP contribution in [0.25, 0.3) is 17.1 Å². The molecule has 30 heavy (non-hydrogen) atoms. The molecular formula is C23H22N6O. The van der Waals surface area contributed by atoms with Crippen LogP contribution >= 0.6 is 0 Å². The molecule has 1 aliphatic rings. The van der Waals surface area contributed by atoms with Gasteiger partial charge in [0.05, 0.1) is 11.9 Å². The summed E-state index contributed by atoms with van der Waals surface area (Å²) in [7, 11) is 0. The standard InChI is InChI=1S/C23H22N6O/c30-21(13-6-16-14-24-29(15-16)20-4-2-1-3-5-20)25-19-11-9-18(10-12-19)23-26-22(27-28-23)17-7-8-17/h1-5,9-12,14-15,17H,6-8,13H2,(H,25,30)(H,26,27,28). The molecule has 7 nitrogen and oxygen atoms in total. The van der Waals surface area contributed by atoms with Gasteiger partial charge in [0.1, 0.15) is 5.82 Å². The number of carbonyl (C=O) groups excluding carboxylic acids is 1. The van der Waals surface area contributed by atoms with E-state index in [0.29, 0.717) is 24.6 Å². The first-order valence-corrected chi connectivity index (χ1v) is 10.2. The predicted molar refractivity (Wildman–Crippen MR) is 114 cm³/mol.